The van der Waals surface area contributed by atoms with Gasteiger partial charge in [-0.3, -0.25) is 0 Å². The molecule has 4 nitrogen and oxygen atoms in total. The van der Waals surface area contributed by atoms with Crippen molar-refractivity contribution < 1.29 is 27.4 Å². The quantitative estimate of drug-likeness (QED) is 0.633. The highest BCUT2D eigenvalue weighted by molar-refractivity contribution is 5.51. The second-order valence-electron chi connectivity index (χ2n) is 8.46. The van der Waals surface area contributed by atoms with Crippen molar-refractivity contribution in [3.8, 4) is 29.1 Å². The zero-order chi connectivity index (χ0) is 22.8. The molecule has 32 heavy (non-hydrogen) atoms. The lowest BCUT2D eigenvalue weighted by atomic mass is 9.62. The molecule has 2 aromatic carbocycles. The summed E-state index contributed by atoms with van der Waals surface area (Å²) in [5, 5.41) is 0. The molecule has 0 saturated heterocycles. The molecule has 0 unspecified atom stereocenters. The highest BCUT2D eigenvalue weighted by Crippen LogP contribution is 2.45. The Bertz CT molecular complexity index is 996. The zero-order valence-electron chi connectivity index (χ0n) is 17.9. The number of nitrogens with two attached hydrogens (primary N) is 1. The molecule has 0 spiro atoms. The number of ether oxygens (including phenoxy) is 3. The van der Waals surface area contributed by atoms with Crippen molar-refractivity contribution in [2.75, 3.05) is 7.11 Å². The Morgan fingerprint density at radius 3 is 2.28 bits per heavy atom. The van der Waals surface area contributed by atoms with Crippen LogP contribution in [0.25, 0.3) is 0 Å². The van der Waals surface area contributed by atoms with Crippen molar-refractivity contribution >= 4 is 0 Å². The van der Waals surface area contributed by atoms with Gasteiger partial charge in [0.25, 0.3) is 0 Å². The van der Waals surface area contributed by atoms with Crippen LogP contribution >= 0.6 is 0 Å². The summed E-state index contributed by atoms with van der Waals surface area (Å²) in [5.74, 6) is 7.57. The van der Waals surface area contributed by atoms with Crippen LogP contribution in [0.2, 0.25) is 0 Å². The van der Waals surface area contributed by atoms with Gasteiger partial charge in [-0.15, -0.1) is 13.2 Å². The topological polar surface area (TPSA) is 53.7 Å². The summed E-state index contributed by atoms with van der Waals surface area (Å²) in [6, 6.07) is 11.5. The van der Waals surface area contributed by atoms with Gasteiger partial charge in [0.2, 0.25) is 0 Å². The molecule has 2 N–H and O–H groups in total. The lowest BCUT2D eigenvalue weighted by Crippen LogP contribution is -2.48. The van der Waals surface area contributed by atoms with E-state index in [4.69, 9.17) is 15.2 Å². The first-order chi connectivity index (χ1) is 15.3. The Morgan fingerprint density at radius 1 is 1.00 bits per heavy atom. The van der Waals surface area contributed by atoms with E-state index >= 15 is 0 Å². The Hall–Kier alpha value is -2.85. The molecule has 2 saturated carbocycles. The fraction of sp³-hybridized carbons (Fsp3) is 0.440. The van der Waals surface area contributed by atoms with Gasteiger partial charge >= 0.3 is 6.36 Å². The predicted molar refractivity (Wildman–Crippen MR) is 115 cm³/mol. The van der Waals surface area contributed by atoms with Crippen LogP contribution in [0.1, 0.15) is 49.7 Å². The number of alkyl halides is 3. The summed E-state index contributed by atoms with van der Waals surface area (Å²) in [6.45, 7) is 0. The molecule has 0 aliphatic heterocycles. The minimum absolute atomic E-state index is 0.0492. The van der Waals surface area contributed by atoms with Gasteiger partial charge in [0.1, 0.15) is 5.75 Å². The van der Waals surface area contributed by atoms with E-state index in [1.165, 1.54) is 37.1 Å². The number of halogens is 3. The normalized spacial score (nSPS) is 23.1. The maximum Gasteiger partial charge on any atom is 0.573 e. The minimum Gasteiger partial charge on any atom is -0.493 e. The molecule has 0 bridgehead atoms. The van der Waals surface area contributed by atoms with Crippen LogP contribution in [0.3, 0.4) is 0 Å². The molecular formula is C25H26F3NO3. The third kappa shape index (κ3) is 5.13. The van der Waals surface area contributed by atoms with Crippen molar-refractivity contribution in [2.45, 2.75) is 62.4 Å². The van der Waals surface area contributed by atoms with E-state index in [1.807, 2.05) is 18.2 Å². The predicted octanol–water partition coefficient (Wildman–Crippen LogP) is 5.33. The van der Waals surface area contributed by atoms with Gasteiger partial charge in [0.15, 0.2) is 11.5 Å². The van der Waals surface area contributed by atoms with Crippen molar-refractivity contribution in [1.29, 1.82) is 0 Å². The summed E-state index contributed by atoms with van der Waals surface area (Å²) in [7, 11) is 1.62. The Kier molecular flexibility index (Phi) is 6.25. The van der Waals surface area contributed by atoms with Crippen LogP contribution in [0.15, 0.2) is 42.5 Å². The molecule has 0 heterocycles. The first-order valence-electron chi connectivity index (χ1n) is 10.8. The number of rotatable bonds is 5. The van der Waals surface area contributed by atoms with Crippen LogP contribution in [0, 0.1) is 11.8 Å². The monoisotopic (exact) mass is 445 g/mol. The van der Waals surface area contributed by atoms with Gasteiger partial charge in [0.05, 0.1) is 18.6 Å². The molecule has 0 radical (unpaired) electrons. The third-order valence-electron chi connectivity index (χ3n) is 6.07. The number of hydrogen-bond donors (Lipinski definition) is 1. The van der Waals surface area contributed by atoms with E-state index in [1.54, 1.807) is 7.11 Å². The van der Waals surface area contributed by atoms with Crippen LogP contribution in [-0.4, -0.2) is 25.6 Å². The van der Waals surface area contributed by atoms with E-state index in [9.17, 15) is 13.2 Å². The third-order valence-corrected chi connectivity index (χ3v) is 6.07. The lowest BCUT2D eigenvalue weighted by molar-refractivity contribution is -0.274. The number of methoxy groups -OCH3 is 1. The molecule has 170 valence electrons. The maximum absolute atomic E-state index is 12.4. The molecule has 0 atom stereocenters. The van der Waals surface area contributed by atoms with E-state index in [2.05, 4.69) is 16.6 Å². The van der Waals surface area contributed by atoms with Crippen LogP contribution in [-0.2, 0) is 5.41 Å². The summed E-state index contributed by atoms with van der Waals surface area (Å²) in [5.41, 5.74) is 7.31. The van der Waals surface area contributed by atoms with Gasteiger partial charge in [-0.05, 0) is 80.5 Å². The highest BCUT2D eigenvalue weighted by Gasteiger charge is 2.43. The van der Waals surface area contributed by atoms with E-state index in [0.29, 0.717) is 29.9 Å². The van der Waals surface area contributed by atoms with Crippen molar-refractivity contribution in [2.24, 2.45) is 5.73 Å². The number of hydrogen-bond acceptors (Lipinski definition) is 4. The maximum atomic E-state index is 12.4. The summed E-state index contributed by atoms with van der Waals surface area (Å²) >= 11 is 0. The molecular weight excluding hydrogens is 419 g/mol. The molecule has 0 aromatic heterocycles. The first-order valence-corrected chi connectivity index (χ1v) is 10.8. The van der Waals surface area contributed by atoms with Crippen molar-refractivity contribution in [3.63, 3.8) is 0 Å². The van der Waals surface area contributed by atoms with Gasteiger partial charge in [-0.1, -0.05) is 17.9 Å². The summed E-state index contributed by atoms with van der Waals surface area (Å²) in [6.07, 6.45) is 1.30. The molecule has 2 aliphatic carbocycles. The van der Waals surface area contributed by atoms with Gasteiger partial charge in [-0.2, -0.15) is 0 Å². The van der Waals surface area contributed by atoms with Gasteiger partial charge < -0.3 is 19.9 Å². The largest absolute Gasteiger partial charge is 0.573 e. The van der Waals surface area contributed by atoms with Gasteiger partial charge in [0, 0.05) is 11.6 Å². The Labute approximate surface area is 185 Å². The Balaban J connectivity index is 1.58. The Morgan fingerprint density at radius 2 is 1.69 bits per heavy atom. The smallest absolute Gasteiger partial charge is 0.493 e. The van der Waals surface area contributed by atoms with Crippen LogP contribution in [0.4, 0.5) is 13.2 Å². The molecule has 4 rings (SSSR count). The SMILES string of the molecule is COc1ccc(C2(C#Cc3ccc(OC(F)(F)F)cc3)CC(N)C2)cc1OC1CCCC1. The second-order valence-corrected chi connectivity index (χ2v) is 8.46. The highest BCUT2D eigenvalue weighted by atomic mass is 19.4. The van der Waals surface area contributed by atoms with E-state index in [-0.39, 0.29) is 17.9 Å². The van der Waals surface area contributed by atoms with Gasteiger partial charge in [-0.25, -0.2) is 0 Å². The average molecular weight is 445 g/mol. The minimum atomic E-state index is -4.72. The molecule has 0 amide bonds. The standard InChI is InChI=1S/C25H26F3NO3/c1-30-22-11-8-18(14-23(22)31-20-4-2-3-5-20)24(15-19(29)16-24)13-12-17-6-9-21(10-7-17)32-25(26,27)28/h6-11,14,19-20H,2-5,15-16,29H2,1H3. The molecule has 7 heteroatoms. The first kappa shape index (κ1) is 22.3. The molecule has 2 aliphatic rings. The van der Waals surface area contributed by atoms with E-state index in [0.717, 1.165) is 18.4 Å². The molecule has 2 fully saturated rings. The molecule has 2 aromatic rings. The van der Waals surface area contributed by atoms with Crippen molar-refractivity contribution in [3.05, 3.63) is 53.6 Å². The summed E-state index contributed by atoms with van der Waals surface area (Å²) < 4.78 is 52.7. The fourth-order valence-corrected chi connectivity index (χ4v) is 4.43. The average Bonchev–Trinajstić information content (AvgIpc) is 3.23. The van der Waals surface area contributed by atoms with Crippen LogP contribution < -0.4 is 19.9 Å². The van der Waals surface area contributed by atoms with Crippen LogP contribution in [0.5, 0.6) is 17.2 Å². The van der Waals surface area contributed by atoms with Crippen molar-refractivity contribution in [1.82, 2.24) is 0 Å². The lowest BCUT2D eigenvalue weighted by Gasteiger charge is -2.43. The number of benzene rings is 2. The van der Waals surface area contributed by atoms with E-state index < -0.39 is 11.8 Å². The zero-order valence-corrected chi connectivity index (χ0v) is 17.9. The summed E-state index contributed by atoms with van der Waals surface area (Å²) in [4.78, 5) is 0. The fourth-order valence-electron chi connectivity index (χ4n) is 4.43. The second kappa shape index (κ2) is 8.95.